The average Bonchev–Trinajstić information content (AvgIpc) is 2.83. The first-order valence-electron chi connectivity index (χ1n) is 6.45. The molecule has 7 nitrogen and oxygen atoms in total. The maximum atomic E-state index is 11.6. The van der Waals surface area contributed by atoms with E-state index in [1.807, 2.05) is 0 Å². The van der Waals surface area contributed by atoms with E-state index in [1.165, 1.54) is 25.2 Å². The summed E-state index contributed by atoms with van der Waals surface area (Å²) in [6, 6.07) is 3.94. The molecule has 2 atom stereocenters. The number of carbonyl (C=O) groups excluding carboxylic acids is 1. The lowest BCUT2D eigenvalue weighted by molar-refractivity contribution is -0.386. The summed E-state index contributed by atoms with van der Waals surface area (Å²) in [7, 11) is 1.50. The largest absolute Gasteiger partial charge is 0.482 e. The summed E-state index contributed by atoms with van der Waals surface area (Å²) < 4.78 is 5.67. The number of hydrogen-bond donors (Lipinski definition) is 2. The van der Waals surface area contributed by atoms with Gasteiger partial charge in [-0.3, -0.25) is 14.9 Å². The summed E-state index contributed by atoms with van der Waals surface area (Å²) in [5, 5.41) is 13.5. The third-order valence-corrected chi connectivity index (χ3v) is 3.43. The molecule has 1 aliphatic carbocycles. The van der Waals surface area contributed by atoms with Crippen LogP contribution in [0.1, 0.15) is 29.6 Å². The van der Waals surface area contributed by atoms with Crippen molar-refractivity contribution in [3.63, 3.8) is 0 Å². The van der Waals surface area contributed by atoms with Crippen LogP contribution < -0.4 is 15.8 Å². The highest BCUT2D eigenvalue weighted by Gasteiger charge is 2.28. The van der Waals surface area contributed by atoms with E-state index in [-0.39, 0.29) is 29.5 Å². The standard InChI is InChI=1S/C13H17N3O4/c1-15-13(17)8-5-6-10(16(18)19)12(7-8)20-11-4-2-3-9(11)14/h5-7,9,11H,2-4,14H2,1H3,(H,15,17). The van der Waals surface area contributed by atoms with Gasteiger partial charge in [-0.05, 0) is 25.3 Å². The van der Waals surface area contributed by atoms with E-state index < -0.39 is 4.92 Å². The normalized spacial score (nSPS) is 21.5. The number of hydrogen-bond acceptors (Lipinski definition) is 5. The summed E-state index contributed by atoms with van der Waals surface area (Å²) in [6.07, 6.45) is 2.30. The van der Waals surface area contributed by atoms with Crippen LogP contribution in [0.3, 0.4) is 0 Å². The zero-order valence-corrected chi connectivity index (χ0v) is 11.2. The van der Waals surface area contributed by atoms with Gasteiger partial charge < -0.3 is 15.8 Å². The lowest BCUT2D eigenvalue weighted by Crippen LogP contribution is -2.33. The fraction of sp³-hybridized carbons (Fsp3) is 0.462. The Morgan fingerprint density at radius 1 is 1.50 bits per heavy atom. The van der Waals surface area contributed by atoms with Gasteiger partial charge in [0.15, 0.2) is 5.75 Å². The van der Waals surface area contributed by atoms with Crippen molar-refractivity contribution in [3.05, 3.63) is 33.9 Å². The molecule has 7 heteroatoms. The number of benzene rings is 1. The highest BCUT2D eigenvalue weighted by molar-refractivity contribution is 5.94. The van der Waals surface area contributed by atoms with Crippen molar-refractivity contribution < 1.29 is 14.5 Å². The van der Waals surface area contributed by atoms with Crippen molar-refractivity contribution in [2.45, 2.75) is 31.4 Å². The zero-order valence-electron chi connectivity index (χ0n) is 11.2. The van der Waals surface area contributed by atoms with Crippen LogP contribution in [0, 0.1) is 10.1 Å². The van der Waals surface area contributed by atoms with Crippen molar-refractivity contribution in [1.82, 2.24) is 5.32 Å². The number of nitrogens with one attached hydrogen (secondary N) is 1. The van der Waals surface area contributed by atoms with Gasteiger partial charge in [-0.1, -0.05) is 0 Å². The van der Waals surface area contributed by atoms with Crippen LogP contribution in [0.2, 0.25) is 0 Å². The smallest absolute Gasteiger partial charge is 0.310 e. The van der Waals surface area contributed by atoms with E-state index in [0.717, 1.165) is 19.3 Å². The van der Waals surface area contributed by atoms with Gasteiger partial charge in [-0.25, -0.2) is 0 Å². The third kappa shape index (κ3) is 2.88. The first-order chi connectivity index (χ1) is 9.52. The predicted octanol–water partition coefficient (Wildman–Crippen LogP) is 1.21. The number of nitro benzene ring substituents is 1. The molecular formula is C13H17N3O4. The lowest BCUT2D eigenvalue weighted by Gasteiger charge is -2.18. The van der Waals surface area contributed by atoms with Gasteiger partial charge in [-0.15, -0.1) is 0 Å². The van der Waals surface area contributed by atoms with E-state index in [9.17, 15) is 14.9 Å². The number of carbonyl (C=O) groups is 1. The van der Waals surface area contributed by atoms with Crippen LogP contribution >= 0.6 is 0 Å². The zero-order chi connectivity index (χ0) is 14.7. The number of amides is 1. The monoisotopic (exact) mass is 279 g/mol. The van der Waals surface area contributed by atoms with Crippen LogP contribution in [-0.4, -0.2) is 30.0 Å². The molecule has 1 aliphatic rings. The molecule has 1 fully saturated rings. The molecule has 1 aromatic rings. The highest BCUT2D eigenvalue weighted by atomic mass is 16.6. The molecule has 0 bridgehead atoms. The van der Waals surface area contributed by atoms with Crippen LogP contribution in [0.5, 0.6) is 5.75 Å². The van der Waals surface area contributed by atoms with E-state index in [0.29, 0.717) is 5.56 Å². The SMILES string of the molecule is CNC(=O)c1ccc([N+](=O)[O-])c(OC2CCCC2N)c1. The summed E-state index contributed by atoms with van der Waals surface area (Å²) in [4.78, 5) is 22.1. The molecule has 1 saturated carbocycles. The fourth-order valence-corrected chi connectivity index (χ4v) is 2.31. The van der Waals surface area contributed by atoms with E-state index in [2.05, 4.69) is 5.32 Å². The van der Waals surface area contributed by atoms with Gasteiger partial charge in [-0.2, -0.15) is 0 Å². The first-order valence-corrected chi connectivity index (χ1v) is 6.45. The minimum absolute atomic E-state index is 0.0958. The van der Waals surface area contributed by atoms with Gasteiger partial charge in [0, 0.05) is 30.8 Å². The maximum absolute atomic E-state index is 11.6. The summed E-state index contributed by atoms with van der Waals surface area (Å²) in [6.45, 7) is 0. The second kappa shape index (κ2) is 5.87. The second-order valence-electron chi connectivity index (χ2n) is 4.77. The molecule has 0 aliphatic heterocycles. The fourth-order valence-electron chi connectivity index (χ4n) is 2.31. The minimum atomic E-state index is -0.524. The number of ether oxygens (including phenoxy) is 1. The van der Waals surface area contributed by atoms with E-state index >= 15 is 0 Å². The van der Waals surface area contributed by atoms with Crippen LogP contribution in [0.4, 0.5) is 5.69 Å². The summed E-state index contributed by atoms with van der Waals surface area (Å²) in [5.74, 6) is -0.223. The Labute approximate surface area is 116 Å². The molecule has 0 heterocycles. The van der Waals surface area contributed by atoms with E-state index in [4.69, 9.17) is 10.5 Å². The molecule has 108 valence electrons. The van der Waals surface area contributed by atoms with Crippen molar-refractivity contribution in [2.24, 2.45) is 5.73 Å². The second-order valence-corrected chi connectivity index (χ2v) is 4.77. The van der Waals surface area contributed by atoms with Crippen LogP contribution in [0.15, 0.2) is 18.2 Å². The van der Waals surface area contributed by atoms with Gasteiger partial charge in [0.2, 0.25) is 0 Å². The number of nitrogens with zero attached hydrogens (tertiary/aromatic N) is 1. The third-order valence-electron chi connectivity index (χ3n) is 3.43. The molecule has 1 aromatic carbocycles. The molecular weight excluding hydrogens is 262 g/mol. The first kappa shape index (κ1) is 14.3. The Balaban J connectivity index is 2.31. The summed E-state index contributed by atoms with van der Waals surface area (Å²) in [5.41, 5.74) is 6.07. The molecule has 0 aromatic heterocycles. The maximum Gasteiger partial charge on any atom is 0.310 e. The van der Waals surface area contributed by atoms with Gasteiger partial charge >= 0.3 is 5.69 Å². The molecule has 0 saturated heterocycles. The van der Waals surface area contributed by atoms with Crippen molar-refractivity contribution in [2.75, 3.05) is 7.05 Å². The Morgan fingerprint density at radius 2 is 2.25 bits per heavy atom. The van der Waals surface area contributed by atoms with Crippen LogP contribution in [-0.2, 0) is 0 Å². The van der Waals surface area contributed by atoms with Gasteiger partial charge in [0.05, 0.1) is 4.92 Å². The van der Waals surface area contributed by atoms with Crippen molar-refractivity contribution in [1.29, 1.82) is 0 Å². The average molecular weight is 279 g/mol. The number of nitrogens with two attached hydrogens (primary N) is 1. The van der Waals surface area contributed by atoms with Crippen LogP contribution in [0.25, 0.3) is 0 Å². The molecule has 2 unspecified atom stereocenters. The molecule has 20 heavy (non-hydrogen) atoms. The quantitative estimate of drug-likeness (QED) is 0.636. The Morgan fingerprint density at radius 3 is 2.80 bits per heavy atom. The predicted molar refractivity (Wildman–Crippen MR) is 72.7 cm³/mol. The molecule has 0 spiro atoms. The Kier molecular flexibility index (Phi) is 4.19. The minimum Gasteiger partial charge on any atom is -0.482 e. The lowest BCUT2D eigenvalue weighted by atomic mass is 10.1. The summed E-state index contributed by atoms with van der Waals surface area (Å²) >= 11 is 0. The van der Waals surface area contributed by atoms with Crippen molar-refractivity contribution in [3.8, 4) is 5.75 Å². The van der Waals surface area contributed by atoms with E-state index in [1.54, 1.807) is 0 Å². The Hall–Kier alpha value is -2.15. The van der Waals surface area contributed by atoms with Gasteiger partial charge in [0.25, 0.3) is 5.91 Å². The molecule has 2 rings (SSSR count). The number of rotatable bonds is 4. The number of nitro groups is 1. The molecule has 1 amide bonds. The molecule has 3 N–H and O–H groups in total. The highest BCUT2D eigenvalue weighted by Crippen LogP contribution is 2.32. The Bertz CT molecular complexity index is 532. The molecule has 0 radical (unpaired) electrons. The van der Waals surface area contributed by atoms with Gasteiger partial charge in [0.1, 0.15) is 6.10 Å². The topological polar surface area (TPSA) is 107 Å². The van der Waals surface area contributed by atoms with Crippen molar-refractivity contribution >= 4 is 11.6 Å².